The van der Waals surface area contributed by atoms with Crippen LogP contribution in [0, 0.1) is 6.92 Å². The van der Waals surface area contributed by atoms with E-state index in [9.17, 15) is 4.79 Å². The average Bonchev–Trinajstić information content (AvgIpc) is 3.64. The number of aromatic amines is 2. The normalized spacial score (nSPS) is 11.4. The van der Waals surface area contributed by atoms with Gasteiger partial charge in [-0.05, 0) is 49.7 Å². The molecule has 6 aromatic rings. The molecule has 37 heavy (non-hydrogen) atoms. The minimum absolute atomic E-state index is 0.0168. The second-order valence-corrected chi connectivity index (χ2v) is 10.1. The zero-order valence-electron chi connectivity index (χ0n) is 20.4. The number of aromatic nitrogens is 7. The van der Waals surface area contributed by atoms with Gasteiger partial charge in [0.2, 0.25) is 5.91 Å². The van der Waals surface area contributed by atoms with Crippen molar-refractivity contribution in [2.24, 2.45) is 0 Å². The molecule has 0 spiro atoms. The summed E-state index contributed by atoms with van der Waals surface area (Å²) in [5.41, 5.74) is 6.79. The Bertz CT molecular complexity index is 1750. The first-order chi connectivity index (χ1) is 18.1. The number of amides is 1. The van der Waals surface area contributed by atoms with Crippen molar-refractivity contribution < 1.29 is 4.79 Å². The monoisotopic (exact) mass is 508 g/mol. The number of unbranched alkanes of at least 4 members (excludes halogenated alkanes) is 1. The van der Waals surface area contributed by atoms with Gasteiger partial charge in [-0.2, -0.15) is 5.10 Å². The van der Waals surface area contributed by atoms with Crippen LogP contribution < -0.4 is 5.32 Å². The Kier molecular flexibility index (Phi) is 5.93. The minimum atomic E-state index is -0.0168. The number of fused-ring (bicyclic) bond motifs is 2. The average molecular weight is 509 g/mol. The van der Waals surface area contributed by atoms with Crippen LogP contribution in [0.3, 0.4) is 0 Å². The molecule has 0 fully saturated rings. The molecule has 0 aliphatic heterocycles. The zero-order chi connectivity index (χ0) is 25.4. The van der Waals surface area contributed by atoms with Crippen LogP contribution in [0.4, 0.5) is 5.69 Å². The van der Waals surface area contributed by atoms with Crippen molar-refractivity contribution in [3.63, 3.8) is 0 Å². The number of thiophene rings is 1. The minimum Gasteiger partial charge on any atom is -0.335 e. The number of nitrogens with zero attached hydrogens (tertiary/aromatic N) is 5. The molecule has 184 valence electrons. The molecular weight excluding hydrogens is 484 g/mol. The van der Waals surface area contributed by atoms with Crippen LogP contribution in [0.25, 0.3) is 55.4 Å². The molecule has 0 atom stereocenters. The van der Waals surface area contributed by atoms with Crippen LogP contribution in [0.5, 0.6) is 0 Å². The predicted octanol–water partition coefficient (Wildman–Crippen LogP) is 6.12. The third-order valence-corrected chi connectivity index (χ3v) is 7.14. The number of hydrogen-bond acceptors (Lipinski definition) is 7. The second-order valence-electron chi connectivity index (χ2n) is 8.83. The fraction of sp³-hybridized carbons (Fsp3) is 0.185. The molecule has 0 aliphatic carbocycles. The lowest BCUT2D eigenvalue weighted by molar-refractivity contribution is -0.116. The van der Waals surface area contributed by atoms with Gasteiger partial charge in [-0.1, -0.05) is 13.3 Å². The molecule has 0 aromatic carbocycles. The Hall–Kier alpha value is -4.44. The SMILES string of the molecule is CCCCC(=O)Nc1cncc(-c2ccc3[nH]nc(-c4nc5nccc(-c6ccc(C)s6)c5[nH]4)c3n2)c1. The summed E-state index contributed by atoms with van der Waals surface area (Å²) < 4.78 is 0. The fourth-order valence-corrected chi connectivity index (χ4v) is 5.14. The Morgan fingerprint density at radius 1 is 1.11 bits per heavy atom. The Morgan fingerprint density at radius 2 is 2.03 bits per heavy atom. The summed E-state index contributed by atoms with van der Waals surface area (Å²) in [5, 5.41) is 10.5. The molecule has 0 bridgehead atoms. The molecule has 6 heterocycles. The van der Waals surface area contributed by atoms with Crippen molar-refractivity contribution >= 4 is 45.1 Å². The third kappa shape index (κ3) is 4.47. The number of aryl methyl sites for hydroxylation is 1. The Morgan fingerprint density at radius 3 is 2.86 bits per heavy atom. The summed E-state index contributed by atoms with van der Waals surface area (Å²) in [4.78, 5) is 36.4. The largest absolute Gasteiger partial charge is 0.335 e. The van der Waals surface area contributed by atoms with Gasteiger partial charge in [-0.3, -0.25) is 14.9 Å². The van der Waals surface area contributed by atoms with Crippen LogP contribution in [0.15, 0.2) is 55.0 Å². The van der Waals surface area contributed by atoms with E-state index in [0.29, 0.717) is 34.8 Å². The quantitative estimate of drug-likeness (QED) is 0.238. The number of carbonyl (C=O) groups is 1. The van der Waals surface area contributed by atoms with E-state index in [1.165, 1.54) is 4.88 Å². The molecule has 0 radical (unpaired) electrons. The number of pyridine rings is 3. The van der Waals surface area contributed by atoms with Crippen LogP contribution in [0.1, 0.15) is 31.1 Å². The van der Waals surface area contributed by atoms with Gasteiger partial charge in [0.15, 0.2) is 17.2 Å². The smallest absolute Gasteiger partial charge is 0.224 e. The van der Waals surface area contributed by atoms with Crippen molar-refractivity contribution in [1.82, 2.24) is 35.1 Å². The Balaban J connectivity index is 1.37. The molecule has 0 saturated heterocycles. The maximum Gasteiger partial charge on any atom is 0.224 e. The highest BCUT2D eigenvalue weighted by atomic mass is 32.1. The highest BCUT2D eigenvalue weighted by Gasteiger charge is 2.18. The van der Waals surface area contributed by atoms with E-state index in [1.54, 1.807) is 29.9 Å². The third-order valence-electron chi connectivity index (χ3n) is 6.11. The van der Waals surface area contributed by atoms with E-state index in [-0.39, 0.29) is 5.91 Å². The van der Waals surface area contributed by atoms with Crippen LogP contribution in [-0.4, -0.2) is 41.0 Å². The van der Waals surface area contributed by atoms with Crippen LogP contribution >= 0.6 is 11.3 Å². The summed E-state index contributed by atoms with van der Waals surface area (Å²) in [5.74, 6) is 0.575. The number of H-pyrrole nitrogens is 2. The van der Waals surface area contributed by atoms with Gasteiger partial charge >= 0.3 is 0 Å². The van der Waals surface area contributed by atoms with Gasteiger partial charge in [0.1, 0.15) is 5.52 Å². The van der Waals surface area contributed by atoms with Crippen LogP contribution in [0.2, 0.25) is 0 Å². The van der Waals surface area contributed by atoms with Gasteiger partial charge < -0.3 is 10.3 Å². The van der Waals surface area contributed by atoms with E-state index in [4.69, 9.17) is 9.97 Å². The van der Waals surface area contributed by atoms with Gasteiger partial charge in [-0.25, -0.2) is 15.0 Å². The lowest BCUT2D eigenvalue weighted by atomic mass is 10.1. The highest BCUT2D eigenvalue weighted by molar-refractivity contribution is 7.15. The number of nitrogens with one attached hydrogen (secondary N) is 3. The maximum absolute atomic E-state index is 12.2. The number of anilines is 1. The van der Waals surface area contributed by atoms with Gasteiger partial charge in [0.05, 0.1) is 28.6 Å². The molecule has 0 unspecified atom stereocenters. The van der Waals surface area contributed by atoms with E-state index < -0.39 is 0 Å². The number of imidazole rings is 1. The number of rotatable bonds is 7. The topological polar surface area (TPSA) is 125 Å². The molecule has 9 nitrogen and oxygen atoms in total. The summed E-state index contributed by atoms with van der Waals surface area (Å²) in [6.07, 6.45) is 7.46. The molecule has 6 aromatic heterocycles. The zero-order valence-corrected chi connectivity index (χ0v) is 21.2. The molecule has 3 N–H and O–H groups in total. The van der Waals surface area contributed by atoms with E-state index in [0.717, 1.165) is 45.6 Å². The lowest BCUT2D eigenvalue weighted by Crippen LogP contribution is -2.11. The van der Waals surface area contributed by atoms with Gasteiger partial charge in [0, 0.05) is 39.7 Å². The summed E-state index contributed by atoms with van der Waals surface area (Å²) in [7, 11) is 0. The van der Waals surface area contributed by atoms with Crippen molar-refractivity contribution in [2.75, 3.05) is 5.32 Å². The van der Waals surface area contributed by atoms with E-state index in [2.05, 4.69) is 56.4 Å². The molecule has 0 saturated carbocycles. The first kappa shape index (κ1) is 23.0. The van der Waals surface area contributed by atoms with E-state index >= 15 is 0 Å². The van der Waals surface area contributed by atoms with Gasteiger partial charge in [0.25, 0.3) is 0 Å². The van der Waals surface area contributed by atoms with E-state index in [1.807, 2.05) is 24.3 Å². The van der Waals surface area contributed by atoms with Crippen molar-refractivity contribution in [3.05, 3.63) is 59.9 Å². The van der Waals surface area contributed by atoms with Gasteiger partial charge in [-0.15, -0.1) is 11.3 Å². The second kappa shape index (κ2) is 9.55. The number of hydrogen-bond donors (Lipinski definition) is 3. The fourth-order valence-electron chi connectivity index (χ4n) is 4.24. The maximum atomic E-state index is 12.2. The highest BCUT2D eigenvalue weighted by Crippen LogP contribution is 2.34. The first-order valence-corrected chi connectivity index (χ1v) is 12.9. The summed E-state index contributed by atoms with van der Waals surface area (Å²) >= 11 is 1.73. The van der Waals surface area contributed by atoms with Crippen molar-refractivity contribution in [1.29, 1.82) is 0 Å². The number of carbonyl (C=O) groups excluding carboxylic acids is 1. The van der Waals surface area contributed by atoms with Crippen molar-refractivity contribution in [3.8, 4) is 33.2 Å². The summed E-state index contributed by atoms with van der Waals surface area (Å²) in [6.45, 7) is 4.16. The molecular formula is C27H24N8OS. The molecule has 6 rings (SSSR count). The predicted molar refractivity (Wildman–Crippen MR) is 146 cm³/mol. The standard InChI is InChI=1S/C27H24N8OS/c1-3-4-5-22(36)30-17-12-16(13-28-14-17)19-7-8-20-24(31-19)25(35-34-20)27-32-23-18(10-11-29-26(23)33-27)21-9-6-15(2)37-21/h6-14H,3-5H2,1-2H3,(H,30,36)(H,34,35)(H,29,32,33). The molecule has 10 heteroatoms. The molecule has 0 aliphatic rings. The van der Waals surface area contributed by atoms with Crippen molar-refractivity contribution in [2.45, 2.75) is 33.1 Å². The lowest BCUT2D eigenvalue weighted by Gasteiger charge is -2.07. The first-order valence-electron chi connectivity index (χ1n) is 12.1. The summed E-state index contributed by atoms with van der Waals surface area (Å²) in [6, 6.07) is 11.9. The Labute approximate surface area is 216 Å². The van der Waals surface area contributed by atoms with Crippen LogP contribution in [-0.2, 0) is 4.79 Å². The molecule has 1 amide bonds.